The van der Waals surface area contributed by atoms with Crippen LogP contribution in [-0.4, -0.2) is 44.8 Å². The number of benzene rings is 1. The van der Waals surface area contributed by atoms with Gasteiger partial charge in [0.1, 0.15) is 12.7 Å². The number of carbonyl (C=O) groups excluding carboxylic acids is 2. The molecule has 1 aliphatic heterocycles. The van der Waals surface area contributed by atoms with Gasteiger partial charge in [-0.1, -0.05) is 5.92 Å². The number of rotatable bonds is 6. The van der Waals surface area contributed by atoms with Crippen molar-refractivity contribution in [3.05, 3.63) is 23.8 Å². The predicted octanol–water partition coefficient (Wildman–Crippen LogP) is 2.05. The molecule has 6 nitrogen and oxygen atoms in total. The van der Waals surface area contributed by atoms with Gasteiger partial charge in [0.2, 0.25) is 0 Å². The van der Waals surface area contributed by atoms with Crippen LogP contribution in [0.3, 0.4) is 0 Å². The molecule has 2 rings (SSSR count). The second-order valence-electron chi connectivity index (χ2n) is 5.56. The highest BCUT2D eigenvalue weighted by atomic mass is 16.5. The number of esters is 1. The Morgan fingerprint density at radius 3 is 2.71 bits per heavy atom. The molecule has 24 heavy (non-hydrogen) atoms. The molecule has 1 aliphatic rings. The van der Waals surface area contributed by atoms with Crippen molar-refractivity contribution in [2.24, 2.45) is 0 Å². The van der Waals surface area contributed by atoms with E-state index >= 15 is 0 Å². The minimum Gasteiger partial charge on any atom is -0.465 e. The maximum Gasteiger partial charge on any atom is 0.337 e. The Morgan fingerprint density at radius 1 is 1.38 bits per heavy atom. The van der Waals surface area contributed by atoms with Gasteiger partial charge in [0.05, 0.1) is 24.0 Å². The number of ether oxygens (including phenoxy) is 2. The largest absolute Gasteiger partial charge is 0.465 e. The summed E-state index contributed by atoms with van der Waals surface area (Å²) in [6, 6.07) is 5.17. The highest BCUT2D eigenvalue weighted by molar-refractivity contribution is 5.99. The van der Waals surface area contributed by atoms with Gasteiger partial charge in [-0.15, -0.1) is 6.42 Å². The third-order valence-electron chi connectivity index (χ3n) is 3.91. The second kappa shape index (κ2) is 8.37. The zero-order valence-corrected chi connectivity index (χ0v) is 14.0. The van der Waals surface area contributed by atoms with Crippen LogP contribution in [0.4, 0.5) is 11.4 Å². The summed E-state index contributed by atoms with van der Waals surface area (Å²) in [6.45, 7) is 3.54. The smallest absolute Gasteiger partial charge is 0.337 e. The van der Waals surface area contributed by atoms with E-state index in [9.17, 15) is 9.59 Å². The van der Waals surface area contributed by atoms with Crippen LogP contribution < -0.4 is 10.2 Å². The lowest BCUT2D eigenvalue weighted by Gasteiger charge is -2.23. The van der Waals surface area contributed by atoms with Crippen molar-refractivity contribution in [1.29, 1.82) is 0 Å². The third-order valence-corrected chi connectivity index (χ3v) is 3.91. The van der Waals surface area contributed by atoms with Crippen LogP contribution in [0.25, 0.3) is 0 Å². The summed E-state index contributed by atoms with van der Waals surface area (Å²) >= 11 is 0. The Balaban J connectivity index is 2.24. The number of amides is 1. The van der Waals surface area contributed by atoms with Crippen LogP contribution in [0, 0.1) is 12.3 Å². The molecule has 1 fully saturated rings. The average Bonchev–Trinajstić information content (AvgIpc) is 3.13. The maximum absolute atomic E-state index is 12.3. The number of carbonyl (C=O) groups is 2. The molecule has 0 spiro atoms. The molecule has 128 valence electrons. The lowest BCUT2D eigenvalue weighted by Crippen LogP contribution is -2.29. The van der Waals surface area contributed by atoms with Crippen molar-refractivity contribution in [3.63, 3.8) is 0 Å². The van der Waals surface area contributed by atoms with Gasteiger partial charge in [-0.25, -0.2) is 4.79 Å². The first kappa shape index (κ1) is 17.8. The van der Waals surface area contributed by atoms with Gasteiger partial charge >= 0.3 is 5.97 Å². The van der Waals surface area contributed by atoms with Crippen LogP contribution in [0.1, 0.15) is 30.1 Å². The Morgan fingerprint density at radius 2 is 2.08 bits per heavy atom. The van der Waals surface area contributed by atoms with E-state index in [1.165, 1.54) is 7.11 Å². The molecule has 1 N–H and O–H groups in total. The van der Waals surface area contributed by atoms with Gasteiger partial charge < -0.3 is 19.7 Å². The Bertz CT molecular complexity index is 645. The first-order chi connectivity index (χ1) is 11.6. The predicted molar refractivity (Wildman–Crippen MR) is 92.1 cm³/mol. The fraction of sp³-hybridized carbons (Fsp3) is 0.444. The lowest BCUT2D eigenvalue weighted by molar-refractivity contribution is -0.125. The first-order valence-electron chi connectivity index (χ1n) is 7.90. The molecule has 1 unspecified atom stereocenters. The van der Waals surface area contributed by atoms with Gasteiger partial charge in [-0.3, -0.25) is 4.79 Å². The number of nitrogens with zero attached hydrogens (tertiary/aromatic N) is 1. The summed E-state index contributed by atoms with van der Waals surface area (Å²) in [5.41, 5.74) is 1.84. The summed E-state index contributed by atoms with van der Waals surface area (Å²) < 4.78 is 9.99. The van der Waals surface area contributed by atoms with Gasteiger partial charge in [0, 0.05) is 13.1 Å². The molecule has 0 aromatic heterocycles. The quantitative estimate of drug-likeness (QED) is 0.639. The fourth-order valence-corrected chi connectivity index (χ4v) is 2.60. The maximum atomic E-state index is 12.3. The molecule has 1 aromatic carbocycles. The number of anilines is 2. The van der Waals surface area contributed by atoms with Gasteiger partial charge in [-0.2, -0.15) is 0 Å². The lowest BCUT2D eigenvalue weighted by atomic mass is 10.1. The van der Waals surface area contributed by atoms with Crippen molar-refractivity contribution >= 4 is 23.3 Å². The number of hydrogen-bond donors (Lipinski definition) is 1. The molecule has 1 atom stereocenters. The molecule has 1 amide bonds. The van der Waals surface area contributed by atoms with E-state index < -0.39 is 12.1 Å². The molecule has 1 heterocycles. The molecule has 0 bridgehead atoms. The molecule has 6 heteroatoms. The van der Waals surface area contributed by atoms with Gasteiger partial charge in [0.25, 0.3) is 5.91 Å². The minimum atomic E-state index is -0.686. The van der Waals surface area contributed by atoms with E-state index in [1.54, 1.807) is 19.1 Å². The second-order valence-corrected chi connectivity index (χ2v) is 5.56. The van der Waals surface area contributed by atoms with Crippen molar-refractivity contribution in [1.82, 2.24) is 0 Å². The van der Waals surface area contributed by atoms with Crippen LogP contribution in [0.5, 0.6) is 0 Å². The highest BCUT2D eigenvalue weighted by Crippen LogP contribution is 2.30. The Labute approximate surface area is 142 Å². The van der Waals surface area contributed by atoms with E-state index in [4.69, 9.17) is 15.9 Å². The minimum absolute atomic E-state index is 0.0652. The van der Waals surface area contributed by atoms with E-state index in [0.717, 1.165) is 31.6 Å². The van der Waals surface area contributed by atoms with Crippen molar-refractivity contribution in [3.8, 4) is 12.3 Å². The van der Waals surface area contributed by atoms with Gasteiger partial charge in [-0.05, 0) is 38.0 Å². The van der Waals surface area contributed by atoms with E-state index in [1.807, 2.05) is 6.07 Å². The molecular weight excluding hydrogens is 308 g/mol. The van der Waals surface area contributed by atoms with E-state index in [-0.39, 0.29) is 12.5 Å². The van der Waals surface area contributed by atoms with Crippen LogP contribution in [-0.2, 0) is 14.3 Å². The number of nitrogens with one attached hydrogen (secondary N) is 1. The summed E-state index contributed by atoms with van der Waals surface area (Å²) in [4.78, 5) is 26.2. The van der Waals surface area contributed by atoms with E-state index in [2.05, 4.69) is 16.1 Å². The number of hydrogen-bond acceptors (Lipinski definition) is 5. The van der Waals surface area contributed by atoms with Gasteiger partial charge in [0.15, 0.2) is 0 Å². The Kier molecular flexibility index (Phi) is 6.21. The average molecular weight is 330 g/mol. The topological polar surface area (TPSA) is 67.9 Å². The summed E-state index contributed by atoms with van der Waals surface area (Å²) in [7, 11) is 1.32. The van der Waals surface area contributed by atoms with Crippen LogP contribution in [0.2, 0.25) is 0 Å². The van der Waals surface area contributed by atoms with Crippen molar-refractivity contribution < 1.29 is 19.1 Å². The van der Waals surface area contributed by atoms with E-state index in [0.29, 0.717) is 11.3 Å². The first-order valence-corrected chi connectivity index (χ1v) is 7.90. The van der Waals surface area contributed by atoms with Crippen LogP contribution >= 0.6 is 0 Å². The zero-order valence-electron chi connectivity index (χ0n) is 14.0. The molecule has 0 aliphatic carbocycles. The summed E-state index contributed by atoms with van der Waals surface area (Å²) in [5, 5.41) is 2.83. The molecular formula is C18H22N2O4. The van der Waals surface area contributed by atoms with Crippen molar-refractivity contribution in [2.75, 3.05) is 37.0 Å². The SMILES string of the molecule is C#CCOC(C)C(=O)Nc1cc(C(=O)OC)ccc1N1CCCC1. The monoisotopic (exact) mass is 330 g/mol. The number of terminal acetylenes is 1. The molecule has 0 radical (unpaired) electrons. The number of methoxy groups -OCH3 is 1. The molecule has 1 aromatic rings. The zero-order chi connectivity index (χ0) is 17.5. The summed E-state index contributed by atoms with van der Waals surface area (Å²) in [6.07, 6.45) is 6.66. The molecule has 0 saturated carbocycles. The fourth-order valence-electron chi connectivity index (χ4n) is 2.60. The Hall–Kier alpha value is -2.52. The normalized spacial score (nSPS) is 14.8. The molecule has 1 saturated heterocycles. The highest BCUT2D eigenvalue weighted by Gasteiger charge is 2.21. The van der Waals surface area contributed by atoms with Crippen molar-refractivity contribution in [2.45, 2.75) is 25.9 Å². The van der Waals surface area contributed by atoms with Crippen LogP contribution in [0.15, 0.2) is 18.2 Å². The summed E-state index contributed by atoms with van der Waals surface area (Å²) in [5.74, 6) is 1.57. The standard InChI is InChI=1S/C18H22N2O4/c1-4-11-24-13(2)17(21)19-15-12-14(18(22)23-3)7-8-16(15)20-9-5-6-10-20/h1,7-8,12-13H,5-6,9-11H2,2-3H3,(H,19,21). The third kappa shape index (κ3) is 4.27.